The van der Waals surface area contributed by atoms with Crippen molar-refractivity contribution >= 4 is 5.57 Å². The quantitative estimate of drug-likeness (QED) is 0.803. The predicted octanol–water partition coefficient (Wildman–Crippen LogP) is 4.19. The molecule has 2 heteroatoms. The van der Waals surface area contributed by atoms with E-state index in [0.717, 1.165) is 18.7 Å². The summed E-state index contributed by atoms with van der Waals surface area (Å²) < 4.78 is 5.43. The van der Waals surface area contributed by atoms with Crippen LogP contribution in [0.5, 0.6) is 5.75 Å². The van der Waals surface area contributed by atoms with E-state index in [1.54, 1.807) is 7.11 Å². The van der Waals surface area contributed by atoms with Crippen LogP contribution >= 0.6 is 0 Å². The highest BCUT2D eigenvalue weighted by Crippen LogP contribution is 2.27. The molecule has 0 radical (unpaired) electrons. The molecule has 0 amide bonds. The average Bonchev–Trinajstić information content (AvgIpc) is 2.33. The normalized spacial score (nSPS) is 12.6. The fraction of sp³-hybridized carbons (Fsp3) is 0.529. The first-order valence-electron chi connectivity index (χ1n) is 6.90. The Hall–Kier alpha value is -1.28. The van der Waals surface area contributed by atoms with Gasteiger partial charge in [-0.2, -0.15) is 0 Å². The third-order valence-corrected chi connectivity index (χ3v) is 3.03. The minimum atomic E-state index is 0.183. The van der Waals surface area contributed by atoms with Crippen molar-refractivity contribution < 1.29 is 4.74 Å². The van der Waals surface area contributed by atoms with Crippen LogP contribution in [0.25, 0.3) is 5.57 Å². The van der Waals surface area contributed by atoms with Gasteiger partial charge in [-0.25, -0.2) is 0 Å². The van der Waals surface area contributed by atoms with E-state index >= 15 is 0 Å². The summed E-state index contributed by atoms with van der Waals surface area (Å²) in [4.78, 5) is 0. The molecule has 1 aromatic carbocycles. The Kier molecular flexibility index (Phi) is 5.61. The largest absolute Gasteiger partial charge is 0.496 e. The second-order valence-corrected chi connectivity index (χ2v) is 6.06. The fourth-order valence-electron chi connectivity index (χ4n) is 1.98. The zero-order chi connectivity index (χ0) is 14.5. The van der Waals surface area contributed by atoms with Crippen LogP contribution in [0.2, 0.25) is 0 Å². The van der Waals surface area contributed by atoms with Crippen LogP contribution in [0.1, 0.15) is 45.2 Å². The smallest absolute Gasteiger partial charge is 0.126 e. The molecule has 2 nitrogen and oxygen atoms in total. The molecule has 0 saturated carbocycles. The van der Waals surface area contributed by atoms with Gasteiger partial charge in [0.25, 0.3) is 0 Å². The highest BCUT2D eigenvalue weighted by Gasteiger charge is 2.07. The maximum atomic E-state index is 5.43. The molecule has 0 bridgehead atoms. The van der Waals surface area contributed by atoms with Gasteiger partial charge < -0.3 is 10.1 Å². The standard InChI is InChI=1S/C17H27NO/c1-13-9-10-16(19-6)15(12-13)14(2)8-7-11-18-17(3,4)5/h8-10,12,18H,7,11H2,1-6H3. The van der Waals surface area contributed by atoms with Gasteiger partial charge in [0.15, 0.2) is 0 Å². The number of aryl methyl sites for hydroxylation is 1. The molecule has 0 aliphatic rings. The second-order valence-electron chi connectivity index (χ2n) is 6.06. The number of ether oxygens (including phenoxy) is 1. The highest BCUT2D eigenvalue weighted by atomic mass is 16.5. The first-order chi connectivity index (χ1) is 8.83. The molecule has 0 atom stereocenters. The van der Waals surface area contributed by atoms with E-state index in [9.17, 15) is 0 Å². The van der Waals surface area contributed by atoms with Crippen molar-refractivity contribution in [2.45, 2.75) is 46.6 Å². The van der Waals surface area contributed by atoms with E-state index in [1.807, 2.05) is 6.07 Å². The molecule has 1 rings (SSSR count). The van der Waals surface area contributed by atoms with E-state index in [4.69, 9.17) is 4.74 Å². The van der Waals surface area contributed by atoms with Gasteiger partial charge in [0, 0.05) is 11.1 Å². The molecule has 1 N–H and O–H groups in total. The Morgan fingerprint density at radius 1 is 1.32 bits per heavy atom. The molecular weight excluding hydrogens is 234 g/mol. The lowest BCUT2D eigenvalue weighted by molar-refractivity contribution is 0.413. The molecule has 0 fully saturated rings. The van der Waals surface area contributed by atoms with Gasteiger partial charge in [-0.1, -0.05) is 17.7 Å². The van der Waals surface area contributed by atoms with Crippen molar-refractivity contribution in [3.05, 3.63) is 35.4 Å². The third kappa shape index (κ3) is 5.48. The van der Waals surface area contributed by atoms with E-state index in [-0.39, 0.29) is 5.54 Å². The highest BCUT2D eigenvalue weighted by molar-refractivity contribution is 5.69. The lowest BCUT2D eigenvalue weighted by Gasteiger charge is -2.20. The van der Waals surface area contributed by atoms with Gasteiger partial charge in [0.05, 0.1) is 7.11 Å². The van der Waals surface area contributed by atoms with Gasteiger partial charge in [-0.05, 0) is 65.3 Å². The molecule has 0 aromatic heterocycles. The average molecular weight is 261 g/mol. The summed E-state index contributed by atoms with van der Waals surface area (Å²) in [6.07, 6.45) is 3.30. The maximum absolute atomic E-state index is 5.43. The zero-order valence-corrected chi connectivity index (χ0v) is 13.1. The molecule has 0 saturated heterocycles. The predicted molar refractivity (Wildman–Crippen MR) is 83.8 cm³/mol. The van der Waals surface area contributed by atoms with Gasteiger partial charge >= 0.3 is 0 Å². The number of benzene rings is 1. The van der Waals surface area contributed by atoms with Gasteiger partial charge in [-0.3, -0.25) is 0 Å². The lowest BCUT2D eigenvalue weighted by Crippen LogP contribution is -2.36. The Bertz CT molecular complexity index is 441. The van der Waals surface area contributed by atoms with Crippen molar-refractivity contribution in [2.24, 2.45) is 0 Å². The monoisotopic (exact) mass is 261 g/mol. The van der Waals surface area contributed by atoms with E-state index < -0.39 is 0 Å². The van der Waals surface area contributed by atoms with Crippen molar-refractivity contribution in [2.75, 3.05) is 13.7 Å². The summed E-state index contributed by atoms with van der Waals surface area (Å²) in [6, 6.07) is 6.30. The molecule has 0 unspecified atom stereocenters. The summed E-state index contributed by atoms with van der Waals surface area (Å²) in [7, 11) is 1.72. The molecule has 0 aliphatic carbocycles. The van der Waals surface area contributed by atoms with Crippen molar-refractivity contribution in [3.8, 4) is 5.75 Å². The molecular formula is C17H27NO. The first-order valence-corrected chi connectivity index (χ1v) is 6.90. The van der Waals surface area contributed by atoms with Crippen LogP contribution < -0.4 is 10.1 Å². The molecule has 0 aliphatic heterocycles. The Morgan fingerprint density at radius 3 is 2.58 bits per heavy atom. The van der Waals surface area contributed by atoms with Crippen molar-refractivity contribution in [3.63, 3.8) is 0 Å². The Labute approximate surface area is 117 Å². The van der Waals surface area contributed by atoms with Crippen LogP contribution in [0.15, 0.2) is 24.3 Å². The molecule has 106 valence electrons. The summed E-state index contributed by atoms with van der Waals surface area (Å²) in [6.45, 7) is 11.8. The summed E-state index contributed by atoms with van der Waals surface area (Å²) >= 11 is 0. The van der Waals surface area contributed by atoms with Crippen molar-refractivity contribution in [1.29, 1.82) is 0 Å². The number of hydrogen-bond acceptors (Lipinski definition) is 2. The van der Waals surface area contributed by atoms with Crippen LogP contribution in [0.4, 0.5) is 0 Å². The molecule has 1 aromatic rings. The van der Waals surface area contributed by atoms with E-state index in [1.165, 1.54) is 16.7 Å². The summed E-state index contributed by atoms with van der Waals surface area (Å²) in [5, 5.41) is 3.49. The van der Waals surface area contributed by atoms with E-state index in [0.29, 0.717) is 0 Å². The van der Waals surface area contributed by atoms with Gasteiger partial charge in [-0.15, -0.1) is 0 Å². The molecule has 0 spiro atoms. The maximum Gasteiger partial charge on any atom is 0.126 e. The van der Waals surface area contributed by atoms with E-state index in [2.05, 4.69) is 58.1 Å². The minimum absolute atomic E-state index is 0.183. The summed E-state index contributed by atoms with van der Waals surface area (Å²) in [5.41, 5.74) is 3.91. The first kappa shape index (κ1) is 15.8. The molecule has 0 heterocycles. The molecule has 19 heavy (non-hydrogen) atoms. The van der Waals surface area contributed by atoms with Crippen LogP contribution in [0.3, 0.4) is 0 Å². The fourth-order valence-corrected chi connectivity index (χ4v) is 1.98. The number of rotatable bonds is 5. The van der Waals surface area contributed by atoms with Crippen LogP contribution in [0, 0.1) is 6.92 Å². The zero-order valence-electron chi connectivity index (χ0n) is 13.1. The van der Waals surface area contributed by atoms with Crippen molar-refractivity contribution in [1.82, 2.24) is 5.32 Å². The number of allylic oxidation sites excluding steroid dienone is 1. The number of nitrogens with one attached hydrogen (secondary N) is 1. The Balaban J connectivity index is 2.71. The number of hydrogen-bond donors (Lipinski definition) is 1. The lowest BCUT2D eigenvalue weighted by atomic mass is 10.0. The SMILES string of the molecule is COc1ccc(C)cc1C(C)=CCCNC(C)(C)C. The van der Waals surface area contributed by atoms with Crippen LogP contribution in [-0.4, -0.2) is 19.2 Å². The summed E-state index contributed by atoms with van der Waals surface area (Å²) in [5.74, 6) is 0.947. The minimum Gasteiger partial charge on any atom is -0.496 e. The number of methoxy groups -OCH3 is 1. The van der Waals surface area contributed by atoms with Gasteiger partial charge in [0.2, 0.25) is 0 Å². The van der Waals surface area contributed by atoms with Crippen LogP contribution in [-0.2, 0) is 0 Å². The van der Waals surface area contributed by atoms with Gasteiger partial charge in [0.1, 0.15) is 5.75 Å². The third-order valence-electron chi connectivity index (χ3n) is 3.03. The second kappa shape index (κ2) is 6.76. The Morgan fingerprint density at radius 2 is 2.00 bits per heavy atom. The topological polar surface area (TPSA) is 21.3 Å².